The van der Waals surface area contributed by atoms with Crippen LogP contribution in [-0.2, 0) is 4.74 Å². The summed E-state index contributed by atoms with van der Waals surface area (Å²) in [6.45, 7) is 8.80. The van der Waals surface area contributed by atoms with Crippen LogP contribution in [0, 0.1) is 0 Å². The van der Waals surface area contributed by atoms with Crippen molar-refractivity contribution in [3.05, 3.63) is 0 Å². The second kappa shape index (κ2) is 2.89. The molecule has 0 N–H and O–H groups in total. The van der Waals surface area contributed by atoms with E-state index in [1.54, 1.807) is 0 Å². The van der Waals surface area contributed by atoms with Gasteiger partial charge in [-0.3, -0.25) is 0 Å². The highest BCUT2D eigenvalue weighted by atomic mass is 16.5. The van der Waals surface area contributed by atoms with Gasteiger partial charge in [0.1, 0.15) is 13.1 Å². The Kier molecular flexibility index (Phi) is 2.32. The van der Waals surface area contributed by atoms with Crippen LogP contribution < -0.4 is 0 Å². The van der Waals surface area contributed by atoms with Crippen LogP contribution in [0.5, 0.6) is 0 Å². The van der Waals surface area contributed by atoms with Gasteiger partial charge in [0.2, 0.25) is 0 Å². The number of quaternary nitrogens is 1. The van der Waals surface area contributed by atoms with E-state index in [0.717, 1.165) is 19.3 Å². The van der Waals surface area contributed by atoms with E-state index in [-0.39, 0.29) is 0 Å². The lowest BCUT2D eigenvalue weighted by Crippen LogP contribution is -2.56. The molecular weight excluding hydrogens is 126 g/mol. The summed E-state index contributed by atoms with van der Waals surface area (Å²) in [5.41, 5.74) is 0. The third-order valence-corrected chi connectivity index (χ3v) is 2.74. The molecule has 0 bridgehead atoms. The molecule has 0 aromatic carbocycles. The molecule has 1 saturated heterocycles. The number of hydrogen-bond acceptors (Lipinski definition) is 1. The van der Waals surface area contributed by atoms with Crippen molar-refractivity contribution in [3.8, 4) is 0 Å². The number of nitrogens with zero attached hydrogens (tertiary/aromatic N) is 1. The zero-order chi connectivity index (χ0) is 7.61. The van der Waals surface area contributed by atoms with Gasteiger partial charge in [-0.15, -0.1) is 0 Å². The fourth-order valence-corrected chi connectivity index (χ4v) is 1.28. The number of likely N-dealkylation sites (N-methyl/N-ethyl adjacent to an activating group) is 1. The highest BCUT2D eigenvalue weighted by molar-refractivity contribution is 4.49. The highest BCUT2D eigenvalue weighted by Crippen LogP contribution is 2.12. The van der Waals surface area contributed by atoms with Gasteiger partial charge in [0.25, 0.3) is 0 Å². The number of rotatable bonds is 1. The fourth-order valence-electron chi connectivity index (χ4n) is 1.28. The predicted molar refractivity (Wildman–Crippen MR) is 41.9 cm³/mol. The fraction of sp³-hybridized carbons (Fsp3) is 1.00. The van der Waals surface area contributed by atoms with Crippen LogP contribution in [0.4, 0.5) is 0 Å². The largest absolute Gasteiger partial charge is 0.370 e. The van der Waals surface area contributed by atoms with Gasteiger partial charge >= 0.3 is 0 Å². The number of hydrogen-bond donors (Lipinski definition) is 0. The molecule has 10 heavy (non-hydrogen) atoms. The molecule has 0 aromatic heterocycles. The van der Waals surface area contributed by atoms with Crippen molar-refractivity contribution in [2.75, 3.05) is 33.4 Å². The predicted octanol–water partition coefficient (Wildman–Crippen LogP) is 0.872. The zero-order valence-electron chi connectivity index (χ0n) is 7.26. The first-order valence-electron chi connectivity index (χ1n) is 4.07. The summed E-state index contributed by atoms with van der Waals surface area (Å²) in [7, 11) is 2.31. The van der Waals surface area contributed by atoms with E-state index in [1.807, 2.05) is 0 Å². The zero-order valence-corrected chi connectivity index (χ0v) is 7.26. The molecule has 0 radical (unpaired) electrons. The molecule has 2 nitrogen and oxygen atoms in total. The molecule has 1 aliphatic heterocycles. The lowest BCUT2D eigenvalue weighted by atomic mass is 10.2. The first-order chi connectivity index (χ1) is 4.65. The molecule has 1 rings (SSSR count). The molecule has 1 heterocycles. The Morgan fingerprint density at radius 2 is 1.70 bits per heavy atom. The lowest BCUT2D eigenvalue weighted by Gasteiger charge is -2.41. The summed E-state index contributed by atoms with van der Waals surface area (Å²) < 4.78 is 6.48. The topological polar surface area (TPSA) is 9.23 Å². The Morgan fingerprint density at radius 3 is 2.00 bits per heavy atom. The van der Waals surface area contributed by atoms with Crippen LogP contribution in [0.25, 0.3) is 0 Å². The van der Waals surface area contributed by atoms with E-state index in [2.05, 4.69) is 20.9 Å². The Bertz CT molecular complexity index is 106. The normalized spacial score (nSPS) is 25.2. The van der Waals surface area contributed by atoms with Crippen molar-refractivity contribution in [2.45, 2.75) is 19.9 Å². The molecular formula is C8H18NO+. The molecule has 0 aliphatic carbocycles. The summed E-state index contributed by atoms with van der Waals surface area (Å²) in [5, 5.41) is 0. The van der Waals surface area contributed by atoms with Crippen molar-refractivity contribution in [2.24, 2.45) is 0 Å². The second-order valence-corrected chi connectivity index (χ2v) is 3.63. The van der Waals surface area contributed by atoms with Crippen molar-refractivity contribution < 1.29 is 9.22 Å². The Labute approximate surface area is 63.4 Å². The smallest absolute Gasteiger partial charge is 0.102 e. The molecule has 60 valence electrons. The van der Waals surface area contributed by atoms with Crippen molar-refractivity contribution in [1.29, 1.82) is 0 Å². The van der Waals surface area contributed by atoms with Crippen LogP contribution in [0.3, 0.4) is 0 Å². The van der Waals surface area contributed by atoms with Crippen molar-refractivity contribution >= 4 is 0 Å². The van der Waals surface area contributed by atoms with Gasteiger partial charge < -0.3 is 9.22 Å². The van der Waals surface area contributed by atoms with Crippen LogP contribution in [0.1, 0.15) is 13.8 Å². The summed E-state index contributed by atoms with van der Waals surface area (Å²) in [6, 6.07) is 0.740. The molecule has 0 spiro atoms. The standard InChI is InChI=1S/C8H18NO/c1-8(2)9(3)4-6-10-7-5-9/h8H,4-7H2,1-3H3/q+1. The average Bonchev–Trinajstić information content (AvgIpc) is 1.89. The maximum Gasteiger partial charge on any atom is 0.102 e. The van der Waals surface area contributed by atoms with Gasteiger partial charge in [-0.05, 0) is 13.8 Å². The van der Waals surface area contributed by atoms with Crippen molar-refractivity contribution in [3.63, 3.8) is 0 Å². The minimum Gasteiger partial charge on any atom is -0.370 e. The van der Waals surface area contributed by atoms with Crippen LogP contribution in [-0.4, -0.2) is 43.9 Å². The van der Waals surface area contributed by atoms with Gasteiger partial charge in [-0.25, -0.2) is 0 Å². The van der Waals surface area contributed by atoms with Gasteiger partial charge in [0, 0.05) is 0 Å². The number of ether oxygens (including phenoxy) is 1. The van der Waals surface area contributed by atoms with E-state index >= 15 is 0 Å². The highest BCUT2D eigenvalue weighted by Gasteiger charge is 2.27. The quantitative estimate of drug-likeness (QED) is 0.496. The summed E-state index contributed by atoms with van der Waals surface area (Å²) in [5.74, 6) is 0. The summed E-state index contributed by atoms with van der Waals surface area (Å²) in [4.78, 5) is 0. The molecule has 0 atom stereocenters. The molecule has 0 unspecified atom stereocenters. The molecule has 0 aromatic rings. The molecule has 2 heteroatoms. The van der Waals surface area contributed by atoms with Gasteiger partial charge in [-0.2, -0.15) is 0 Å². The van der Waals surface area contributed by atoms with E-state index in [9.17, 15) is 0 Å². The number of morpholine rings is 1. The van der Waals surface area contributed by atoms with Crippen LogP contribution >= 0.6 is 0 Å². The lowest BCUT2D eigenvalue weighted by molar-refractivity contribution is -0.936. The molecule has 1 fully saturated rings. The van der Waals surface area contributed by atoms with E-state index in [0.29, 0.717) is 0 Å². The second-order valence-electron chi connectivity index (χ2n) is 3.63. The average molecular weight is 144 g/mol. The SMILES string of the molecule is CC(C)[N+]1(C)CCOCC1. The minimum atomic E-state index is 0.740. The van der Waals surface area contributed by atoms with Gasteiger partial charge in [0.15, 0.2) is 0 Å². The minimum absolute atomic E-state index is 0.740. The Balaban J connectivity index is 2.48. The summed E-state index contributed by atoms with van der Waals surface area (Å²) >= 11 is 0. The Morgan fingerprint density at radius 1 is 1.20 bits per heavy atom. The van der Waals surface area contributed by atoms with Crippen LogP contribution in [0.2, 0.25) is 0 Å². The Hall–Kier alpha value is -0.0800. The van der Waals surface area contributed by atoms with E-state index < -0.39 is 0 Å². The maximum absolute atomic E-state index is 5.30. The van der Waals surface area contributed by atoms with Gasteiger partial charge in [-0.1, -0.05) is 0 Å². The first-order valence-corrected chi connectivity index (χ1v) is 4.07. The first kappa shape index (κ1) is 8.02. The van der Waals surface area contributed by atoms with Gasteiger partial charge in [0.05, 0.1) is 26.3 Å². The van der Waals surface area contributed by atoms with E-state index in [1.165, 1.54) is 17.6 Å². The van der Waals surface area contributed by atoms with Crippen LogP contribution in [0.15, 0.2) is 0 Å². The summed E-state index contributed by atoms with van der Waals surface area (Å²) in [6.07, 6.45) is 0. The van der Waals surface area contributed by atoms with E-state index in [4.69, 9.17) is 4.74 Å². The molecule has 0 saturated carbocycles. The van der Waals surface area contributed by atoms with Crippen molar-refractivity contribution in [1.82, 2.24) is 0 Å². The molecule has 1 aliphatic rings. The maximum atomic E-state index is 5.30. The monoisotopic (exact) mass is 144 g/mol. The third-order valence-electron chi connectivity index (χ3n) is 2.74. The third kappa shape index (κ3) is 1.50. The molecule has 0 amide bonds.